The van der Waals surface area contributed by atoms with Gasteiger partial charge in [0.05, 0.1) is 0 Å². The molecule has 1 atom stereocenters. The minimum absolute atomic E-state index is 0.133. The number of anilines is 1. The molecule has 0 bridgehead atoms. The summed E-state index contributed by atoms with van der Waals surface area (Å²) in [6.07, 6.45) is 2.83. The highest BCUT2D eigenvalue weighted by Crippen LogP contribution is 2.22. The van der Waals surface area contributed by atoms with Gasteiger partial charge in [-0.3, -0.25) is 0 Å². The van der Waals surface area contributed by atoms with Crippen molar-refractivity contribution in [2.75, 3.05) is 12.4 Å². The Bertz CT molecular complexity index is 339. The number of nitrogens with one attached hydrogen (secondary N) is 1. The molecule has 0 fully saturated rings. The molecular formula is C14H22BrNO. The van der Waals surface area contributed by atoms with Crippen LogP contribution in [-0.4, -0.2) is 13.3 Å². The van der Waals surface area contributed by atoms with Crippen molar-refractivity contribution in [2.24, 2.45) is 5.92 Å². The van der Waals surface area contributed by atoms with E-state index in [0.29, 0.717) is 0 Å². The van der Waals surface area contributed by atoms with E-state index in [-0.39, 0.29) is 5.92 Å². The number of carbonyl (C=O) groups excluding carboxylic acids is 1. The minimum Gasteiger partial charge on any atom is -0.388 e. The van der Waals surface area contributed by atoms with Crippen molar-refractivity contribution < 1.29 is 4.79 Å². The Kier molecular flexibility index (Phi) is 8.78. The maximum Gasteiger partial charge on any atom is 0.122 e. The SMILES string of the molecule is CC.CNc1ccc(Br)cc1CCC(C)C=O. The van der Waals surface area contributed by atoms with Crippen molar-refractivity contribution in [1.29, 1.82) is 0 Å². The normalized spacial score (nSPS) is 11.1. The summed E-state index contributed by atoms with van der Waals surface area (Å²) in [6, 6.07) is 6.16. The van der Waals surface area contributed by atoms with Crippen molar-refractivity contribution in [3.05, 3.63) is 28.2 Å². The second-order valence-electron chi connectivity index (χ2n) is 3.70. The van der Waals surface area contributed by atoms with Gasteiger partial charge in [0, 0.05) is 23.1 Å². The molecule has 0 saturated carbocycles. The molecule has 1 aromatic carbocycles. The van der Waals surface area contributed by atoms with E-state index >= 15 is 0 Å². The van der Waals surface area contributed by atoms with Crippen LogP contribution >= 0.6 is 15.9 Å². The number of aldehydes is 1. The second kappa shape index (κ2) is 9.23. The monoisotopic (exact) mass is 299 g/mol. The highest BCUT2D eigenvalue weighted by Gasteiger charge is 2.05. The summed E-state index contributed by atoms with van der Waals surface area (Å²) < 4.78 is 1.08. The average Bonchev–Trinajstić information content (AvgIpc) is 2.38. The largest absolute Gasteiger partial charge is 0.388 e. The molecule has 2 nitrogen and oxygen atoms in total. The molecule has 96 valence electrons. The van der Waals surface area contributed by atoms with Crippen LogP contribution in [0.2, 0.25) is 0 Å². The molecule has 0 radical (unpaired) electrons. The van der Waals surface area contributed by atoms with Crippen LogP contribution in [0, 0.1) is 5.92 Å². The van der Waals surface area contributed by atoms with Gasteiger partial charge in [-0.25, -0.2) is 0 Å². The van der Waals surface area contributed by atoms with Crippen LogP contribution < -0.4 is 5.32 Å². The van der Waals surface area contributed by atoms with Gasteiger partial charge in [-0.1, -0.05) is 36.7 Å². The van der Waals surface area contributed by atoms with E-state index in [1.807, 2.05) is 40.0 Å². The number of rotatable bonds is 5. The lowest BCUT2D eigenvalue weighted by Crippen LogP contribution is -2.01. The van der Waals surface area contributed by atoms with Crippen LogP contribution in [0.25, 0.3) is 0 Å². The van der Waals surface area contributed by atoms with Crippen molar-refractivity contribution in [3.8, 4) is 0 Å². The zero-order valence-corrected chi connectivity index (χ0v) is 12.7. The number of halogens is 1. The molecule has 1 N–H and O–H groups in total. The number of hydrogen-bond donors (Lipinski definition) is 1. The molecule has 1 unspecified atom stereocenters. The van der Waals surface area contributed by atoms with Gasteiger partial charge < -0.3 is 10.1 Å². The predicted octanol–water partition coefficient (Wildman–Crippen LogP) is 4.28. The second-order valence-corrected chi connectivity index (χ2v) is 4.62. The maximum absolute atomic E-state index is 10.5. The van der Waals surface area contributed by atoms with E-state index in [9.17, 15) is 4.79 Å². The standard InChI is InChI=1S/C12H16BrNO.C2H6/c1-9(8-15)3-4-10-7-11(13)5-6-12(10)14-2;1-2/h5-9,14H,3-4H2,1-2H3;1-2H3. The van der Waals surface area contributed by atoms with Gasteiger partial charge in [-0.2, -0.15) is 0 Å². The summed E-state index contributed by atoms with van der Waals surface area (Å²) in [5, 5.41) is 3.16. The van der Waals surface area contributed by atoms with Gasteiger partial charge in [0.15, 0.2) is 0 Å². The topological polar surface area (TPSA) is 29.1 Å². The first kappa shape index (κ1) is 16.2. The van der Waals surface area contributed by atoms with E-state index in [1.54, 1.807) is 0 Å². The lowest BCUT2D eigenvalue weighted by atomic mass is 10.0. The third kappa shape index (κ3) is 5.87. The zero-order chi connectivity index (χ0) is 13.3. The number of carbonyl (C=O) groups is 1. The molecular weight excluding hydrogens is 278 g/mol. The Morgan fingerprint density at radius 1 is 1.41 bits per heavy atom. The number of hydrogen-bond acceptors (Lipinski definition) is 2. The molecule has 1 rings (SSSR count). The molecule has 0 aliphatic heterocycles. The highest BCUT2D eigenvalue weighted by molar-refractivity contribution is 9.10. The molecule has 0 spiro atoms. The maximum atomic E-state index is 10.5. The summed E-state index contributed by atoms with van der Waals surface area (Å²) in [7, 11) is 1.91. The van der Waals surface area contributed by atoms with E-state index in [4.69, 9.17) is 0 Å². The molecule has 0 saturated heterocycles. The van der Waals surface area contributed by atoms with Gasteiger partial charge in [0.25, 0.3) is 0 Å². The fourth-order valence-electron chi connectivity index (χ4n) is 1.46. The molecule has 0 aliphatic carbocycles. The molecule has 0 aliphatic rings. The summed E-state index contributed by atoms with van der Waals surface area (Å²) in [5.41, 5.74) is 2.39. The Labute approximate surface area is 113 Å². The minimum atomic E-state index is 0.133. The van der Waals surface area contributed by atoms with Crippen LogP contribution in [-0.2, 0) is 11.2 Å². The van der Waals surface area contributed by atoms with Gasteiger partial charge in [-0.05, 0) is 36.6 Å². The van der Waals surface area contributed by atoms with Crippen LogP contribution in [0.5, 0.6) is 0 Å². The smallest absolute Gasteiger partial charge is 0.122 e. The molecule has 1 aromatic rings. The highest BCUT2D eigenvalue weighted by atomic mass is 79.9. The lowest BCUT2D eigenvalue weighted by molar-refractivity contribution is -0.110. The summed E-state index contributed by atoms with van der Waals surface area (Å²) in [6.45, 7) is 5.95. The van der Waals surface area contributed by atoms with Gasteiger partial charge in [0.1, 0.15) is 6.29 Å². The Balaban J connectivity index is 0.00000121. The first-order valence-electron chi connectivity index (χ1n) is 6.09. The first-order valence-corrected chi connectivity index (χ1v) is 6.88. The van der Waals surface area contributed by atoms with Crippen LogP contribution in [0.4, 0.5) is 5.69 Å². The van der Waals surface area contributed by atoms with Crippen molar-refractivity contribution in [1.82, 2.24) is 0 Å². The summed E-state index contributed by atoms with van der Waals surface area (Å²) in [5.74, 6) is 0.133. The van der Waals surface area contributed by atoms with Gasteiger partial charge >= 0.3 is 0 Å². The average molecular weight is 300 g/mol. The van der Waals surface area contributed by atoms with E-state index in [1.165, 1.54) is 5.56 Å². The molecule has 0 heterocycles. The van der Waals surface area contributed by atoms with Gasteiger partial charge in [-0.15, -0.1) is 0 Å². The third-order valence-corrected chi connectivity index (χ3v) is 2.93. The van der Waals surface area contributed by atoms with Crippen LogP contribution in [0.1, 0.15) is 32.8 Å². The summed E-state index contributed by atoms with van der Waals surface area (Å²) in [4.78, 5) is 10.5. The molecule has 3 heteroatoms. The van der Waals surface area contributed by atoms with Crippen LogP contribution in [0.15, 0.2) is 22.7 Å². The zero-order valence-electron chi connectivity index (χ0n) is 11.1. The molecule has 0 aromatic heterocycles. The Morgan fingerprint density at radius 3 is 2.59 bits per heavy atom. The van der Waals surface area contributed by atoms with Crippen molar-refractivity contribution in [3.63, 3.8) is 0 Å². The molecule has 17 heavy (non-hydrogen) atoms. The first-order chi connectivity index (χ1) is 8.17. The quantitative estimate of drug-likeness (QED) is 0.822. The Morgan fingerprint density at radius 2 is 2.06 bits per heavy atom. The number of aryl methyl sites for hydroxylation is 1. The van der Waals surface area contributed by atoms with E-state index in [2.05, 4.69) is 27.3 Å². The van der Waals surface area contributed by atoms with E-state index < -0.39 is 0 Å². The Hall–Kier alpha value is -0.830. The van der Waals surface area contributed by atoms with Crippen molar-refractivity contribution in [2.45, 2.75) is 33.6 Å². The molecule has 0 amide bonds. The summed E-state index contributed by atoms with van der Waals surface area (Å²) >= 11 is 3.45. The lowest BCUT2D eigenvalue weighted by Gasteiger charge is -2.10. The third-order valence-electron chi connectivity index (χ3n) is 2.44. The van der Waals surface area contributed by atoms with E-state index in [0.717, 1.165) is 29.3 Å². The van der Waals surface area contributed by atoms with Crippen molar-refractivity contribution >= 4 is 27.9 Å². The van der Waals surface area contributed by atoms with Gasteiger partial charge in [0.2, 0.25) is 0 Å². The predicted molar refractivity (Wildman–Crippen MR) is 78.6 cm³/mol. The number of benzene rings is 1. The fourth-order valence-corrected chi connectivity index (χ4v) is 1.87. The van der Waals surface area contributed by atoms with Crippen LogP contribution in [0.3, 0.4) is 0 Å². The fraction of sp³-hybridized carbons (Fsp3) is 0.500.